The second-order valence-corrected chi connectivity index (χ2v) is 2.84. The normalized spacial score (nSPS) is 10.8. The number of fused-ring (bicyclic) bond motifs is 1. The Morgan fingerprint density at radius 3 is 3.08 bits per heavy atom. The van der Waals surface area contributed by atoms with E-state index in [0.29, 0.717) is 0 Å². The largest absolute Gasteiger partial charge is 0.236 e. The fourth-order valence-corrected chi connectivity index (χ4v) is 1.34. The molecule has 0 aliphatic rings. The lowest BCUT2D eigenvalue weighted by atomic mass is 10.2. The van der Waals surface area contributed by atoms with Gasteiger partial charge in [0.1, 0.15) is 0 Å². The lowest BCUT2D eigenvalue weighted by Crippen LogP contribution is -1.97. The summed E-state index contributed by atoms with van der Waals surface area (Å²) in [7, 11) is 0. The molecule has 2 rings (SSSR count). The molecule has 62 valence electrons. The van der Waals surface area contributed by atoms with Crippen LogP contribution in [0.4, 0.5) is 0 Å². The second kappa shape index (κ2) is 2.59. The van der Waals surface area contributed by atoms with Crippen molar-refractivity contribution in [3.05, 3.63) is 29.7 Å². The number of hydrogen-bond donors (Lipinski definition) is 0. The molecule has 0 atom stereocenters. The Kier molecular flexibility index (Phi) is 1.57. The summed E-state index contributed by atoms with van der Waals surface area (Å²) < 4.78 is 1.80. The molecule has 2 heterocycles. The van der Waals surface area contributed by atoms with Crippen LogP contribution in [0.5, 0.6) is 0 Å². The van der Waals surface area contributed by atoms with E-state index < -0.39 is 0 Å². The molecule has 0 N–H and O–H groups in total. The Hall–Kier alpha value is -1.38. The molecule has 0 aliphatic carbocycles. The number of imidazole rings is 1. The minimum atomic E-state index is 0.928. The van der Waals surface area contributed by atoms with E-state index in [1.54, 1.807) is 10.7 Å². The molecule has 0 radical (unpaired) electrons. The molecule has 3 nitrogen and oxygen atoms in total. The molecular formula is C9H11N3. The van der Waals surface area contributed by atoms with Crippen molar-refractivity contribution >= 4 is 5.65 Å². The van der Waals surface area contributed by atoms with Crippen molar-refractivity contribution < 1.29 is 0 Å². The Labute approximate surface area is 71.1 Å². The van der Waals surface area contributed by atoms with Gasteiger partial charge in [-0.3, -0.25) is 0 Å². The Balaban J connectivity index is 2.73. The first-order chi connectivity index (χ1) is 5.81. The molecule has 0 unspecified atom stereocenters. The van der Waals surface area contributed by atoms with Crippen molar-refractivity contribution in [3.63, 3.8) is 0 Å². The van der Waals surface area contributed by atoms with E-state index >= 15 is 0 Å². The fourth-order valence-electron chi connectivity index (χ4n) is 1.34. The summed E-state index contributed by atoms with van der Waals surface area (Å²) in [6.45, 7) is 4.15. The van der Waals surface area contributed by atoms with Crippen LogP contribution in [0.2, 0.25) is 0 Å². The average molecular weight is 161 g/mol. The molecule has 0 fully saturated rings. The van der Waals surface area contributed by atoms with Gasteiger partial charge >= 0.3 is 0 Å². The first-order valence-corrected chi connectivity index (χ1v) is 4.11. The van der Waals surface area contributed by atoms with E-state index in [2.05, 4.69) is 23.1 Å². The van der Waals surface area contributed by atoms with Crippen molar-refractivity contribution in [2.24, 2.45) is 0 Å². The summed E-state index contributed by atoms with van der Waals surface area (Å²) >= 11 is 0. The zero-order chi connectivity index (χ0) is 8.55. The van der Waals surface area contributed by atoms with Crippen LogP contribution in [-0.2, 0) is 6.42 Å². The number of hydrogen-bond acceptors (Lipinski definition) is 2. The van der Waals surface area contributed by atoms with Crippen LogP contribution in [0.15, 0.2) is 18.5 Å². The van der Waals surface area contributed by atoms with Crippen LogP contribution < -0.4 is 0 Å². The summed E-state index contributed by atoms with van der Waals surface area (Å²) in [5.41, 5.74) is 3.29. The van der Waals surface area contributed by atoms with Crippen LogP contribution in [0.3, 0.4) is 0 Å². The van der Waals surface area contributed by atoms with E-state index in [-0.39, 0.29) is 0 Å². The van der Waals surface area contributed by atoms with Gasteiger partial charge in [0.2, 0.25) is 0 Å². The van der Waals surface area contributed by atoms with Crippen molar-refractivity contribution in [3.8, 4) is 0 Å². The zero-order valence-corrected chi connectivity index (χ0v) is 7.28. The van der Waals surface area contributed by atoms with E-state index in [9.17, 15) is 0 Å². The maximum atomic E-state index is 4.36. The number of aromatic nitrogens is 3. The van der Waals surface area contributed by atoms with Crippen LogP contribution in [0.1, 0.15) is 18.2 Å². The maximum absolute atomic E-state index is 4.36. The topological polar surface area (TPSA) is 30.2 Å². The molecule has 2 aromatic heterocycles. The average Bonchev–Trinajstić information content (AvgIpc) is 2.49. The van der Waals surface area contributed by atoms with Gasteiger partial charge in [0.05, 0.1) is 5.69 Å². The van der Waals surface area contributed by atoms with E-state index in [1.165, 1.54) is 5.56 Å². The lowest BCUT2D eigenvalue weighted by Gasteiger charge is -2.01. The van der Waals surface area contributed by atoms with Crippen LogP contribution >= 0.6 is 0 Å². The minimum Gasteiger partial charge on any atom is -0.236 e. The molecule has 0 aliphatic heterocycles. The predicted molar refractivity (Wildman–Crippen MR) is 47.1 cm³/mol. The van der Waals surface area contributed by atoms with E-state index in [4.69, 9.17) is 0 Å². The van der Waals surface area contributed by atoms with Crippen molar-refractivity contribution in [2.45, 2.75) is 20.3 Å². The Morgan fingerprint density at radius 1 is 1.50 bits per heavy atom. The second-order valence-electron chi connectivity index (χ2n) is 2.84. The van der Waals surface area contributed by atoms with Crippen molar-refractivity contribution in [1.82, 2.24) is 14.6 Å². The van der Waals surface area contributed by atoms with Gasteiger partial charge in [-0.1, -0.05) is 6.92 Å². The van der Waals surface area contributed by atoms with Crippen LogP contribution in [0, 0.1) is 6.92 Å². The number of aryl methyl sites for hydroxylation is 2. The van der Waals surface area contributed by atoms with Gasteiger partial charge in [0, 0.05) is 12.4 Å². The summed E-state index contributed by atoms with van der Waals surface area (Å²) in [4.78, 5) is 4.17. The van der Waals surface area contributed by atoms with Gasteiger partial charge in [-0.25, -0.2) is 9.50 Å². The van der Waals surface area contributed by atoms with Gasteiger partial charge in [0.25, 0.3) is 0 Å². The fraction of sp³-hybridized carbons (Fsp3) is 0.333. The number of nitrogens with zero attached hydrogens (tertiary/aromatic N) is 3. The maximum Gasteiger partial charge on any atom is 0.153 e. The quantitative estimate of drug-likeness (QED) is 0.636. The van der Waals surface area contributed by atoms with Gasteiger partial charge in [-0.05, 0) is 25.0 Å². The van der Waals surface area contributed by atoms with E-state index in [0.717, 1.165) is 17.8 Å². The monoisotopic (exact) mass is 161 g/mol. The molecule has 3 heteroatoms. The molecule has 2 aromatic rings. The SMILES string of the molecule is CCc1cc2nccn2nc1C. The third-order valence-corrected chi connectivity index (χ3v) is 2.06. The van der Waals surface area contributed by atoms with Gasteiger partial charge < -0.3 is 0 Å². The molecular weight excluding hydrogens is 150 g/mol. The first-order valence-electron chi connectivity index (χ1n) is 4.11. The highest BCUT2D eigenvalue weighted by atomic mass is 15.2. The van der Waals surface area contributed by atoms with Gasteiger partial charge in [-0.15, -0.1) is 0 Å². The van der Waals surface area contributed by atoms with E-state index in [1.807, 2.05) is 13.1 Å². The standard InChI is InChI=1S/C9H11N3/c1-3-8-6-9-10-4-5-12(9)11-7(8)2/h4-6H,3H2,1-2H3. The minimum absolute atomic E-state index is 0.928. The third-order valence-electron chi connectivity index (χ3n) is 2.06. The van der Waals surface area contributed by atoms with Crippen LogP contribution in [0.25, 0.3) is 5.65 Å². The molecule has 0 amide bonds. The highest BCUT2D eigenvalue weighted by molar-refractivity contribution is 5.40. The lowest BCUT2D eigenvalue weighted by molar-refractivity contribution is 0.874. The molecule has 12 heavy (non-hydrogen) atoms. The predicted octanol–water partition coefficient (Wildman–Crippen LogP) is 1.60. The molecule has 0 aromatic carbocycles. The number of rotatable bonds is 1. The highest BCUT2D eigenvalue weighted by Crippen LogP contribution is 2.08. The summed E-state index contributed by atoms with van der Waals surface area (Å²) in [5, 5.41) is 4.36. The summed E-state index contributed by atoms with van der Waals surface area (Å²) in [6.07, 6.45) is 4.64. The van der Waals surface area contributed by atoms with Crippen molar-refractivity contribution in [2.75, 3.05) is 0 Å². The van der Waals surface area contributed by atoms with Crippen molar-refractivity contribution in [1.29, 1.82) is 0 Å². The van der Waals surface area contributed by atoms with Gasteiger partial charge in [0.15, 0.2) is 5.65 Å². The molecule has 0 bridgehead atoms. The first kappa shape index (κ1) is 7.28. The van der Waals surface area contributed by atoms with Gasteiger partial charge in [-0.2, -0.15) is 5.10 Å². The molecule has 0 saturated heterocycles. The summed E-state index contributed by atoms with van der Waals surface area (Å²) in [6, 6.07) is 2.09. The Morgan fingerprint density at radius 2 is 2.33 bits per heavy atom. The third kappa shape index (κ3) is 0.978. The van der Waals surface area contributed by atoms with Crippen LogP contribution in [-0.4, -0.2) is 14.6 Å². The molecule has 0 spiro atoms. The smallest absolute Gasteiger partial charge is 0.153 e. The highest BCUT2D eigenvalue weighted by Gasteiger charge is 2.00. The molecule has 0 saturated carbocycles. The Bertz CT molecular complexity index is 403. The zero-order valence-electron chi connectivity index (χ0n) is 7.28. The summed E-state index contributed by atoms with van der Waals surface area (Å²) in [5.74, 6) is 0.